The maximum absolute atomic E-state index is 13.9. The zero-order chi connectivity index (χ0) is 17.9. The Labute approximate surface area is 139 Å². The number of hydrogen-bond donors (Lipinski definition) is 1. The molecule has 0 spiro atoms. The predicted molar refractivity (Wildman–Crippen MR) is 85.6 cm³/mol. The van der Waals surface area contributed by atoms with Gasteiger partial charge in [0.15, 0.2) is 0 Å². The first-order valence-electron chi connectivity index (χ1n) is 7.39. The lowest BCUT2D eigenvalue weighted by Gasteiger charge is -2.32. The molecule has 0 radical (unpaired) electrons. The van der Waals surface area contributed by atoms with Crippen LogP contribution in [0.4, 0.5) is 10.1 Å². The minimum atomic E-state index is -3.54. The number of carbonyl (C=O) groups excluding carboxylic acids is 2. The van der Waals surface area contributed by atoms with E-state index in [9.17, 15) is 22.4 Å². The highest BCUT2D eigenvalue weighted by Crippen LogP contribution is 2.23. The summed E-state index contributed by atoms with van der Waals surface area (Å²) in [5, 5.41) is 2.37. The van der Waals surface area contributed by atoms with Crippen molar-refractivity contribution in [2.45, 2.75) is 25.3 Å². The summed E-state index contributed by atoms with van der Waals surface area (Å²) >= 11 is 0. The van der Waals surface area contributed by atoms with Gasteiger partial charge >= 0.3 is 5.97 Å². The SMILES string of the molecule is COC(=O)c1ccc(F)c(NC(=O)[C@@H]2CCCCN2S(C)(=O)=O)c1. The minimum Gasteiger partial charge on any atom is -0.465 e. The molecule has 1 fully saturated rings. The van der Waals surface area contributed by atoms with Crippen LogP contribution in [0.2, 0.25) is 0 Å². The third kappa shape index (κ3) is 4.09. The molecule has 0 bridgehead atoms. The van der Waals surface area contributed by atoms with Crippen LogP contribution in [0.5, 0.6) is 0 Å². The number of benzene rings is 1. The van der Waals surface area contributed by atoms with E-state index in [1.807, 2.05) is 0 Å². The molecular weight excluding hydrogens is 339 g/mol. The van der Waals surface area contributed by atoms with Crippen LogP contribution in [0, 0.1) is 5.82 Å². The van der Waals surface area contributed by atoms with Crippen molar-refractivity contribution in [3.63, 3.8) is 0 Å². The molecule has 0 unspecified atom stereocenters. The van der Waals surface area contributed by atoms with Gasteiger partial charge in [-0.1, -0.05) is 6.42 Å². The van der Waals surface area contributed by atoms with Crippen LogP contribution in [0.1, 0.15) is 29.6 Å². The van der Waals surface area contributed by atoms with Crippen molar-refractivity contribution in [2.24, 2.45) is 0 Å². The summed E-state index contributed by atoms with van der Waals surface area (Å²) in [4.78, 5) is 23.9. The number of anilines is 1. The summed E-state index contributed by atoms with van der Waals surface area (Å²) in [7, 11) is -2.35. The van der Waals surface area contributed by atoms with E-state index in [0.29, 0.717) is 19.3 Å². The van der Waals surface area contributed by atoms with E-state index in [0.717, 1.165) is 22.7 Å². The average molecular weight is 358 g/mol. The molecule has 7 nitrogen and oxygen atoms in total. The molecular formula is C15H19FN2O5S. The topological polar surface area (TPSA) is 92.8 Å². The number of ether oxygens (including phenoxy) is 1. The van der Waals surface area contributed by atoms with Crippen molar-refractivity contribution in [3.05, 3.63) is 29.6 Å². The molecule has 1 N–H and O–H groups in total. The first kappa shape index (κ1) is 18.3. The zero-order valence-electron chi connectivity index (χ0n) is 13.4. The highest BCUT2D eigenvalue weighted by Gasteiger charge is 2.34. The van der Waals surface area contributed by atoms with E-state index in [4.69, 9.17) is 0 Å². The molecule has 1 atom stereocenters. The molecule has 1 saturated heterocycles. The monoisotopic (exact) mass is 358 g/mol. The Kier molecular flexibility index (Phi) is 5.55. The Bertz CT molecular complexity index is 750. The number of rotatable bonds is 4. The molecule has 1 amide bonds. The fourth-order valence-electron chi connectivity index (χ4n) is 2.65. The first-order chi connectivity index (χ1) is 11.2. The maximum Gasteiger partial charge on any atom is 0.337 e. The van der Waals surface area contributed by atoms with Crippen molar-refractivity contribution in [1.29, 1.82) is 0 Å². The fourth-order valence-corrected chi connectivity index (χ4v) is 3.77. The maximum atomic E-state index is 13.9. The van der Waals surface area contributed by atoms with E-state index in [1.165, 1.54) is 13.2 Å². The third-order valence-electron chi connectivity index (χ3n) is 3.83. The molecule has 132 valence electrons. The van der Waals surface area contributed by atoms with E-state index < -0.39 is 33.8 Å². The highest BCUT2D eigenvalue weighted by atomic mass is 32.2. The first-order valence-corrected chi connectivity index (χ1v) is 9.24. The van der Waals surface area contributed by atoms with Crippen LogP contribution in [0.3, 0.4) is 0 Å². The molecule has 24 heavy (non-hydrogen) atoms. The van der Waals surface area contributed by atoms with Gasteiger partial charge in [-0.3, -0.25) is 4.79 Å². The second-order valence-corrected chi connectivity index (χ2v) is 7.50. The number of piperidine rings is 1. The highest BCUT2D eigenvalue weighted by molar-refractivity contribution is 7.88. The summed E-state index contributed by atoms with van der Waals surface area (Å²) in [6.07, 6.45) is 2.77. The second-order valence-electron chi connectivity index (χ2n) is 5.56. The van der Waals surface area contributed by atoms with E-state index in [1.54, 1.807) is 0 Å². The van der Waals surface area contributed by atoms with Gasteiger partial charge in [0.1, 0.15) is 11.9 Å². The summed E-state index contributed by atoms with van der Waals surface area (Å²) in [6, 6.07) is 2.54. The molecule has 0 saturated carbocycles. The van der Waals surface area contributed by atoms with Crippen molar-refractivity contribution >= 4 is 27.6 Å². The number of esters is 1. The molecule has 0 aromatic heterocycles. The van der Waals surface area contributed by atoms with E-state index in [2.05, 4.69) is 10.1 Å². The predicted octanol–water partition coefficient (Wildman–Crippen LogP) is 1.36. The largest absolute Gasteiger partial charge is 0.465 e. The minimum absolute atomic E-state index is 0.0813. The van der Waals surface area contributed by atoms with Crippen molar-refractivity contribution in [2.75, 3.05) is 25.2 Å². The lowest BCUT2D eigenvalue weighted by Crippen LogP contribution is -2.49. The van der Waals surface area contributed by atoms with Crippen LogP contribution >= 0.6 is 0 Å². The Morgan fingerprint density at radius 3 is 2.67 bits per heavy atom. The average Bonchev–Trinajstić information content (AvgIpc) is 2.55. The number of carbonyl (C=O) groups is 2. The van der Waals surface area contributed by atoms with Crippen molar-refractivity contribution in [3.8, 4) is 0 Å². The summed E-state index contributed by atoms with van der Waals surface area (Å²) in [5.41, 5.74) is -0.111. The molecule has 1 aromatic carbocycles. The quantitative estimate of drug-likeness (QED) is 0.821. The summed E-state index contributed by atoms with van der Waals surface area (Å²) < 4.78 is 43.2. The van der Waals surface area contributed by atoms with Crippen LogP contribution in [-0.2, 0) is 19.6 Å². The zero-order valence-corrected chi connectivity index (χ0v) is 14.2. The Morgan fingerprint density at radius 1 is 1.33 bits per heavy atom. The van der Waals surface area contributed by atoms with Gasteiger partial charge in [-0.15, -0.1) is 0 Å². The standard InChI is InChI=1S/C15H19FN2O5S/c1-23-15(20)10-6-7-11(16)12(9-10)17-14(19)13-5-3-4-8-18(13)24(2,21)22/h6-7,9,13H,3-5,8H2,1-2H3,(H,17,19)/t13-/m0/s1. The number of hydrogen-bond acceptors (Lipinski definition) is 5. The molecule has 2 rings (SSSR count). The smallest absolute Gasteiger partial charge is 0.337 e. The second kappa shape index (κ2) is 7.27. The molecule has 1 aliphatic rings. The number of nitrogens with one attached hydrogen (secondary N) is 1. The number of sulfonamides is 1. The van der Waals surface area contributed by atoms with Gasteiger partial charge in [0.25, 0.3) is 0 Å². The molecule has 1 heterocycles. The Morgan fingerprint density at radius 2 is 2.04 bits per heavy atom. The number of amides is 1. The lowest BCUT2D eigenvalue weighted by molar-refractivity contribution is -0.120. The van der Waals surface area contributed by atoms with Gasteiger partial charge < -0.3 is 10.1 Å². The normalized spacial score (nSPS) is 18.9. The number of methoxy groups -OCH3 is 1. The van der Waals surface area contributed by atoms with Crippen LogP contribution in [-0.4, -0.2) is 50.6 Å². The van der Waals surface area contributed by atoms with Gasteiger partial charge in [-0.2, -0.15) is 4.31 Å². The summed E-state index contributed by atoms with van der Waals surface area (Å²) in [6.45, 7) is 0.252. The van der Waals surface area contributed by atoms with Gasteiger partial charge in [0.2, 0.25) is 15.9 Å². The lowest BCUT2D eigenvalue weighted by atomic mass is 10.0. The van der Waals surface area contributed by atoms with Crippen LogP contribution in [0.15, 0.2) is 18.2 Å². The number of nitrogens with zero attached hydrogens (tertiary/aromatic N) is 1. The van der Waals surface area contributed by atoms with Crippen LogP contribution < -0.4 is 5.32 Å². The number of halogens is 1. The van der Waals surface area contributed by atoms with Gasteiger partial charge in [-0.25, -0.2) is 17.6 Å². The van der Waals surface area contributed by atoms with E-state index >= 15 is 0 Å². The van der Waals surface area contributed by atoms with Gasteiger partial charge in [0.05, 0.1) is 24.6 Å². The Balaban J connectivity index is 2.23. The van der Waals surface area contributed by atoms with Crippen LogP contribution in [0.25, 0.3) is 0 Å². The third-order valence-corrected chi connectivity index (χ3v) is 5.12. The summed E-state index contributed by atoms with van der Waals surface area (Å²) in [5.74, 6) is -2.01. The molecule has 1 aliphatic heterocycles. The van der Waals surface area contributed by atoms with Crippen molar-refractivity contribution < 1.29 is 27.1 Å². The fraction of sp³-hybridized carbons (Fsp3) is 0.467. The van der Waals surface area contributed by atoms with Gasteiger partial charge in [-0.05, 0) is 31.0 Å². The molecule has 9 heteroatoms. The van der Waals surface area contributed by atoms with Gasteiger partial charge in [0, 0.05) is 6.54 Å². The van der Waals surface area contributed by atoms with E-state index in [-0.39, 0.29) is 17.8 Å². The molecule has 1 aromatic rings. The Hall–Kier alpha value is -2.00. The van der Waals surface area contributed by atoms with Crippen molar-refractivity contribution in [1.82, 2.24) is 4.31 Å². The molecule has 0 aliphatic carbocycles.